The molecule has 0 aromatic carbocycles. The smallest absolute Gasteiger partial charge is 0.275 e. The Morgan fingerprint density at radius 1 is 1.37 bits per heavy atom. The van der Waals surface area contributed by atoms with E-state index in [0.29, 0.717) is 0 Å². The molecule has 0 unspecified atom stereocenters. The lowest BCUT2D eigenvalue weighted by Crippen LogP contribution is -2.32. The van der Waals surface area contributed by atoms with E-state index in [2.05, 4.69) is 21.8 Å². The summed E-state index contributed by atoms with van der Waals surface area (Å²) < 4.78 is 0. The van der Waals surface area contributed by atoms with Gasteiger partial charge in [0.2, 0.25) is 0 Å². The summed E-state index contributed by atoms with van der Waals surface area (Å²) in [5.74, 6) is 5.01. The minimum Gasteiger partial charge on any atom is -0.294 e. The number of fused-ring (bicyclic) bond motifs is 1. The number of nitrogens with zero attached hydrogens (tertiary/aromatic N) is 1. The Morgan fingerprint density at radius 3 is 3.05 bits per heavy atom. The van der Waals surface area contributed by atoms with E-state index in [4.69, 9.17) is 5.84 Å². The van der Waals surface area contributed by atoms with Crippen LogP contribution in [-0.4, -0.2) is 17.4 Å². The third-order valence-corrected chi connectivity index (χ3v) is 5.34. The number of hydrazine groups is 1. The molecule has 2 aromatic heterocycles. The minimum absolute atomic E-state index is 0.196. The van der Waals surface area contributed by atoms with Crippen LogP contribution in [0.3, 0.4) is 0 Å². The van der Waals surface area contributed by atoms with Gasteiger partial charge in [0.05, 0.1) is 4.88 Å². The Balaban J connectivity index is 1.73. The third-order valence-electron chi connectivity index (χ3n) is 3.36. The molecule has 3 rings (SSSR count). The molecule has 0 saturated heterocycles. The van der Waals surface area contributed by atoms with Gasteiger partial charge in [-0.1, -0.05) is 0 Å². The fraction of sp³-hybridized carbons (Fsp3) is 0.308. The molecular weight excluding hydrogens is 278 g/mol. The van der Waals surface area contributed by atoms with E-state index in [0.717, 1.165) is 36.5 Å². The second-order valence-electron chi connectivity index (χ2n) is 4.58. The summed E-state index contributed by atoms with van der Waals surface area (Å²) in [5.41, 5.74) is 4.70. The molecule has 6 heteroatoms. The monoisotopic (exact) mass is 293 g/mol. The Labute approximate surface area is 119 Å². The number of amides is 1. The van der Waals surface area contributed by atoms with Crippen molar-refractivity contribution < 1.29 is 4.79 Å². The van der Waals surface area contributed by atoms with Gasteiger partial charge in [0.25, 0.3) is 5.91 Å². The normalized spacial score (nSPS) is 15.2. The first-order valence-corrected chi connectivity index (χ1v) is 7.89. The molecule has 0 atom stereocenters. The van der Waals surface area contributed by atoms with Crippen LogP contribution in [0.1, 0.15) is 25.7 Å². The number of thiophene rings is 2. The average Bonchev–Trinajstić information content (AvgIpc) is 3.06. The van der Waals surface area contributed by atoms with Crippen molar-refractivity contribution in [2.45, 2.75) is 19.5 Å². The lowest BCUT2D eigenvalue weighted by atomic mass is 10.1. The molecule has 0 bridgehead atoms. The molecule has 3 heterocycles. The van der Waals surface area contributed by atoms with Gasteiger partial charge in [-0.3, -0.25) is 15.1 Å². The third kappa shape index (κ3) is 2.57. The molecule has 1 aliphatic rings. The van der Waals surface area contributed by atoms with Crippen LogP contribution in [-0.2, 0) is 19.5 Å². The minimum atomic E-state index is -0.196. The van der Waals surface area contributed by atoms with Gasteiger partial charge in [0.15, 0.2) is 0 Å². The number of rotatable bonds is 3. The number of hydrogen-bond donors (Lipinski definition) is 2. The van der Waals surface area contributed by atoms with Crippen LogP contribution in [0.2, 0.25) is 0 Å². The van der Waals surface area contributed by atoms with E-state index in [-0.39, 0.29) is 5.91 Å². The Bertz CT molecular complexity index is 590. The van der Waals surface area contributed by atoms with Gasteiger partial charge in [0, 0.05) is 24.5 Å². The highest BCUT2D eigenvalue weighted by atomic mass is 32.1. The largest absolute Gasteiger partial charge is 0.294 e. The summed E-state index contributed by atoms with van der Waals surface area (Å²) >= 11 is 3.28. The van der Waals surface area contributed by atoms with Crippen LogP contribution in [0.4, 0.5) is 0 Å². The topological polar surface area (TPSA) is 58.4 Å². The number of hydrogen-bond acceptors (Lipinski definition) is 5. The van der Waals surface area contributed by atoms with E-state index < -0.39 is 0 Å². The SMILES string of the molecule is NNC(=O)c1sccc1CN1CCc2sccc2C1. The standard InChI is InChI=1S/C13H15N3OS2/c14-15-13(17)12-10(3-6-19-12)8-16-4-1-11-9(7-16)2-5-18-11/h2-3,5-6H,1,4,7-8,14H2,(H,15,17). The molecule has 0 aliphatic carbocycles. The molecule has 100 valence electrons. The average molecular weight is 293 g/mol. The van der Waals surface area contributed by atoms with Crippen LogP contribution >= 0.6 is 22.7 Å². The predicted octanol–water partition coefficient (Wildman–Crippen LogP) is 1.97. The van der Waals surface area contributed by atoms with Crippen molar-refractivity contribution in [1.29, 1.82) is 0 Å². The van der Waals surface area contributed by atoms with Crippen molar-refractivity contribution in [3.63, 3.8) is 0 Å². The van der Waals surface area contributed by atoms with Gasteiger partial charge in [-0.2, -0.15) is 0 Å². The maximum absolute atomic E-state index is 11.7. The van der Waals surface area contributed by atoms with Crippen LogP contribution in [0, 0.1) is 0 Å². The Morgan fingerprint density at radius 2 is 2.21 bits per heavy atom. The summed E-state index contributed by atoms with van der Waals surface area (Å²) in [7, 11) is 0. The summed E-state index contributed by atoms with van der Waals surface area (Å²) in [5, 5.41) is 4.10. The number of carbonyl (C=O) groups excluding carboxylic acids is 1. The number of nitrogens with two attached hydrogens (primary N) is 1. The van der Waals surface area contributed by atoms with E-state index in [1.807, 2.05) is 22.8 Å². The quantitative estimate of drug-likeness (QED) is 0.517. The fourth-order valence-corrected chi connectivity index (χ4v) is 4.12. The van der Waals surface area contributed by atoms with Crippen LogP contribution < -0.4 is 11.3 Å². The van der Waals surface area contributed by atoms with Gasteiger partial charge in [-0.05, 0) is 40.4 Å². The molecule has 0 fully saturated rings. The maximum Gasteiger partial charge on any atom is 0.275 e. The Hall–Kier alpha value is -1.21. The molecule has 4 nitrogen and oxygen atoms in total. The highest BCUT2D eigenvalue weighted by Gasteiger charge is 2.20. The number of nitrogens with one attached hydrogen (secondary N) is 1. The lowest BCUT2D eigenvalue weighted by Gasteiger charge is -2.26. The van der Waals surface area contributed by atoms with Gasteiger partial charge < -0.3 is 0 Å². The maximum atomic E-state index is 11.7. The van der Waals surface area contributed by atoms with Crippen molar-refractivity contribution in [2.24, 2.45) is 5.84 Å². The van der Waals surface area contributed by atoms with Crippen LogP contribution in [0.25, 0.3) is 0 Å². The van der Waals surface area contributed by atoms with E-state index in [9.17, 15) is 4.79 Å². The van der Waals surface area contributed by atoms with Crippen molar-refractivity contribution in [2.75, 3.05) is 6.54 Å². The summed E-state index contributed by atoms with van der Waals surface area (Å²) in [6.45, 7) is 2.83. The first kappa shape index (κ1) is 12.8. The van der Waals surface area contributed by atoms with Gasteiger partial charge in [0.1, 0.15) is 0 Å². The zero-order chi connectivity index (χ0) is 13.2. The lowest BCUT2D eigenvalue weighted by molar-refractivity contribution is 0.0955. The molecule has 0 spiro atoms. The van der Waals surface area contributed by atoms with Gasteiger partial charge >= 0.3 is 0 Å². The predicted molar refractivity (Wildman–Crippen MR) is 78.1 cm³/mol. The highest BCUT2D eigenvalue weighted by Crippen LogP contribution is 2.26. The van der Waals surface area contributed by atoms with Crippen molar-refractivity contribution in [3.8, 4) is 0 Å². The second-order valence-corrected chi connectivity index (χ2v) is 6.49. The molecule has 3 N–H and O–H groups in total. The van der Waals surface area contributed by atoms with Crippen molar-refractivity contribution >= 4 is 28.6 Å². The highest BCUT2D eigenvalue weighted by molar-refractivity contribution is 7.12. The first-order chi connectivity index (χ1) is 9.28. The number of nitrogen functional groups attached to an aromatic ring is 1. The fourth-order valence-electron chi connectivity index (χ4n) is 2.41. The van der Waals surface area contributed by atoms with Gasteiger partial charge in [-0.25, -0.2) is 5.84 Å². The van der Waals surface area contributed by atoms with E-state index in [1.165, 1.54) is 21.8 Å². The molecule has 0 saturated carbocycles. The van der Waals surface area contributed by atoms with Crippen molar-refractivity contribution in [3.05, 3.63) is 43.8 Å². The zero-order valence-corrected chi connectivity index (χ0v) is 12.0. The number of carbonyl (C=O) groups is 1. The second kappa shape index (κ2) is 5.42. The molecule has 19 heavy (non-hydrogen) atoms. The van der Waals surface area contributed by atoms with Crippen molar-refractivity contribution in [1.82, 2.24) is 10.3 Å². The van der Waals surface area contributed by atoms with E-state index >= 15 is 0 Å². The van der Waals surface area contributed by atoms with Crippen LogP contribution in [0.5, 0.6) is 0 Å². The van der Waals surface area contributed by atoms with Crippen LogP contribution in [0.15, 0.2) is 22.9 Å². The van der Waals surface area contributed by atoms with E-state index in [1.54, 1.807) is 0 Å². The molecule has 1 aliphatic heterocycles. The molecule has 1 amide bonds. The summed E-state index contributed by atoms with van der Waals surface area (Å²) in [4.78, 5) is 16.3. The molecular formula is C13H15N3OS2. The molecule has 0 radical (unpaired) electrons. The molecule has 2 aromatic rings. The first-order valence-electron chi connectivity index (χ1n) is 6.13. The Kier molecular flexibility index (Phi) is 3.65. The summed E-state index contributed by atoms with van der Waals surface area (Å²) in [6, 6.07) is 4.21. The zero-order valence-electron chi connectivity index (χ0n) is 10.4. The summed E-state index contributed by atoms with van der Waals surface area (Å²) in [6.07, 6.45) is 1.11. The van der Waals surface area contributed by atoms with Gasteiger partial charge in [-0.15, -0.1) is 22.7 Å².